The molecule has 6 heteroatoms. The highest BCUT2D eigenvalue weighted by molar-refractivity contribution is 5.71. The van der Waals surface area contributed by atoms with Crippen LogP contribution >= 0.6 is 0 Å². The van der Waals surface area contributed by atoms with E-state index in [4.69, 9.17) is 9.47 Å². The summed E-state index contributed by atoms with van der Waals surface area (Å²) in [6.07, 6.45) is 14.5. The number of hydrogen-bond donors (Lipinski definition) is 1. The number of carbonyl (C=O) groups is 2. The van der Waals surface area contributed by atoms with Gasteiger partial charge in [-0.25, -0.2) is 9.59 Å². The maximum atomic E-state index is 13.4. The molecule has 0 saturated heterocycles. The normalized spacial score (nSPS) is 19.2. The van der Waals surface area contributed by atoms with Crippen molar-refractivity contribution in [3.8, 4) is 11.5 Å². The minimum absolute atomic E-state index is 0.00251. The lowest BCUT2D eigenvalue weighted by Gasteiger charge is -2.48. The summed E-state index contributed by atoms with van der Waals surface area (Å²) >= 11 is 0. The maximum absolute atomic E-state index is 13.4. The van der Waals surface area contributed by atoms with Gasteiger partial charge in [-0.15, -0.1) is 0 Å². The summed E-state index contributed by atoms with van der Waals surface area (Å²) in [7, 11) is 0. The molecule has 2 atom stereocenters. The molecule has 0 spiro atoms. The van der Waals surface area contributed by atoms with Crippen molar-refractivity contribution in [2.45, 2.75) is 131 Å². The van der Waals surface area contributed by atoms with Crippen LogP contribution < -0.4 is 14.8 Å². The second-order valence-corrected chi connectivity index (χ2v) is 14.1. The smallest absolute Gasteiger partial charge is 0.410 e. The molecule has 2 unspecified atom stereocenters. The summed E-state index contributed by atoms with van der Waals surface area (Å²) in [4.78, 5) is 28.6. The van der Waals surface area contributed by atoms with E-state index in [0.29, 0.717) is 24.6 Å². The van der Waals surface area contributed by atoms with Crippen molar-refractivity contribution in [3.63, 3.8) is 0 Å². The van der Waals surface area contributed by atoms with Crippen molar-refractivity contribution < 1.29 is 19.1 Å². The molecule has 1 N–H and O–H groups in total. The Morgan fingerprint density at radius 2 is 1.43 bits per heavy atom. The Kier molecular flexibility index (Phi) is 14.6. The largest absolute Gasteiger partial charge is 0.415 e. The highest BCUT2D eigenvalue weighted by atomic mass is 16.6. The molecule has 3 rings (SSSR count). The van der Waals surface area contributed by atoms with Crippen LogP contribution in [-0.2, 0) is 6.42 Å². The molecule has 1 saturated carbocycles. The van der Waals surface area contributed by atoms with E-state index in [1.165, 1.54) is 44.9 Å². The zero-order chi connectivity index (χ0) is 31.8. The first-order valence-corrected chi connectivity index (χ1v) is 17.2. The van der Waals surface area contributed by atoms with Gasteiger partial charge in [0.2, 0.25) is 0 Å². The number of ether oxygens (including phenoxy) is 2. The Labute approximate surface area is 267 Å². The topological polar surface area (TPSA) is 67.9 Å². The van der Waals surface area contributed by atoms with Gasteiger partial charge in [0.05, 0.1) is 0 Å². The van der Waals surface area contributed by atoms with Crippen molar-refractivity contribution in [1.82, 2.24) is 10.2 Å². The van der Waals surface area contributed by atoms with Crippen molar-refractivity contribution in [2.24, 2.45) is 10.8 Å². The molecule has 0 heterocycles. The van der Waals surface area contributed by atoms with Crippen LogP contribution in [-0.4, -0.2) is 36.2 Å². The Morgan fingerprint density at radius 3 is 2.14 bits per heavy atom. The Morgan fingerprint density at radius 1 is 0.795 bits per heavy atom. The number of rotatable bonds is 17. The second-order valence-electron chi connectivity index (χ2n) is 14.1. The summed E-state index contributed by atoms with van der Waals surface area (Å²) in [5.41, 5.74) is 0.895. The standard InChI is InChI=1S/C38H58N2O4/c1-6-8-10-12-15-21-31-22-18-19-25-34(31)44-35(41)39-32-27-37(3,4)29-38(5,28-32)30-40(26-20-13-11-9-7-2)36(42)43-33-23-16-14-17-24-33/h14,16-19,22-25,32H,6-13,15,20-21,26-30H2,1-5H3,(H,39,41). The molecule has 0 radical (unpaired) electrons. The molecule has 2 aromatic carbocycles. The van der Waals surface area contributed by atoms with E-state index >= 15 is 0 Å². The van der Waals surface area contributed by atoms with Gasteiger partial charge in [-0.3, -0.25) is 0 Å². The van der Waals surface area contributed by atoms with Crippen LogP contribution in [0, 0.1) is 10.8 Å². The molecule has 0 aromatic heterocycles. The van der Waals surface area contributed by atoms with Gasteiger partial charge in [-0.1, -0.05) is 122 Å². The summed E-state index contributed by atoms with van der Waals surface area (Å²) in [6.45, 7) is 12.5. The third-order valence-corrected chi connectivity index (χ3v) is 8.80. The van der Waals surface area contributed by atoms with E-state index in [1.54, 1.807) is 0 Å². The highest BCUT2D eigenvalue weighted by Gasteiger charge is 2.43. The van der Waals surface area contributed by atoms with Crippen LogP contribution in [0.15, 0.2) is 54.6 Å². The molecule has 244 valence electrons. The molecule has 44 heavy (non-hydrogen) atoms. The van der Waals surface area contributed by atoms with Gasteiger partial charge in [-0.05, 0) is 73.1 Å². The van der Waals surface area contributed by atoms with Gasteiger partial charge < -0.3 is 19.7 Å². The van der Waals surface area contributed by atoms with Crippen LogP contribution in [0.2, 0.25) is 0 Å². The van der Waals surface area contributed by atoms with Gasteiger partial charge in [-0.2, -0.15) is 0 Å². The number of nitrogens with zero attached hydrogens (tertiary/aromatic N) is 1. The fraction of sp³-hybridized carbons (Fsp3) is 0.632. The van der Waals surface area contributed by atoms with E-state index in [0.717, 1.165) is 50.5 Å². The summed E-state index contributed by atoms with van der Waals surface area (Å²) in [5, 5.41) is 3.20. The van der Waals surface area contributed by atoms with Gasteiger partial charge in [0.25, 0.3) is 0 Å². The van der Waals surface area contributed by atoms with Gasteiger partial charge in [0.15, 0.2) is 0 Å². The summed E-state index contributed by atoms with van der Waals surface area (Å²) < 4.78 is 11.7. The van der Waals surface area contributed by atoms with Crippen LogP contribution in [0.25, 0.3) is 0 Å². The molecule has 6 nitrogen and oxygen atoms in total. The molecule has 0 bridgehead atoms. The van der Waals surface area contributed by atoms with Crippen LogP contribution in [0.1, 0.15) is 124 Å². The molecule has 2 aromatic rings. The number of carbonyl (C=O) groups excluding carboxylic acids is 2. The van der Waals surface area contributed by atoms with Crippen molar-refractivity contribution in [2.75, 3.05) is 13.1 Å². The number of aryl methyl sites for hydroxylation is 1. The third kappa shape index (κ3) is 12.5. The highest BCUT2D eigenvalue weighted by Crippen LogP contribution is 2.46. The number of amides is 2. The van der Waals surface area contributed by atoms with Gasteiger partial charge in [0, 0.05) is 19.1 Å². The van der Waals surface area contributed by atoms with Crippen molar-refractivity contribution in [3.05, 3.63) is 60.2 Å². The molecule has 0 aliphatic heterocycles. The lowest BCUT2D eigenvalue weighted by Crippen LogP contribution is -2.52. The third-order valence-electron chi connectivity index (χ3n) is 8.80. The minimum Gasteiger partial charge on any atom is -0.410 e. The van der Waals surface area contributed by atoms with E-state index in [-0.39, 0.29) is 23.0 Å². The molecule has 1 aliphatic carbocycles. The second kappa shape index (κ2) is 18.1. The number of para-hydroxylation sites is 2. The maximum Gasteiger partial charge on any atom is 0.415 e. The van der Waals surface area contributed by atoms with E-state index < -0.39 is 6.09 Å². The monoisotopic (exact) mass is 606 g/mol. The summed E-state index contributed by atoms with van der Waals surface area (Å²) in [6, 6.07) is 17.2. The molecule has 1 aliphatic rings. The minimum atomic E-state index is -0.398. The first kappa shape index (κ1) is 35.5. The van der Waals surface area contributed by atoms with Gasteiger partial charge in [0.1, 0.15) is 11.5 Å². The quantitative estimate of drug-likeness (QED) is 0.182. The Bertz CT molecular complexity index is 1130. The predicted octanol–water partition coefficient (Wildman–Crippen LogP) is 10.3. The lowest BCUT2D eigenvalue weighted by molar-refractivity contribution is 0.0393. The Hall–Kier alpha value is -3.02. The summed E-state index contributed by atoms with van der Waals surface area (Å²) in [5.74, 6) is 1.21. The van der Waals surface area contributed by atoms with Gasteiger partial charge >= 0.3 is 12.2 Å². The zero-order valence-electron chi connectivity index (χ0n) is 28.2. The Balaban J connectivity index is 1.65. The van der Waals surface area contributed by atoms with Crippen molar-refractivity contribution in [1.29, 1.82) is 0 Å². The van der Waals surface area contributed by atoms with E-state index in [2.05, 4.69) is 46.0 Å². The average Bonchev–Trinajstić information content (AvgIpc) is 2.96. The predicted molar refractivity (Wildman–Crippen MR) is 180 cm³/mol. The first-order chi connectivity index (χ1) is 21.1. The zero-order valence-corrected chi connectivity index (χ0v) is 28.2. The number of unbranched alkanes of at least 4 members (excludes halogenated alkanes) is 8. The fourth-order valence-electron chi connectivity index (χ4n) is 7.14. The fourth-order valence-corrected chi connectivity index (χ4v) is 7.14. The van der Waals surface area contributed by atoms with Crippen molar-refractivity contribution >= 4 is 12.2 Å². The van der Waals surface area contributed by atoms with Crippen LogP contribution in [0.3, 0.4) is 0 Å². The average molecular weight is 607 g/mol. The SMILES string of the molecule is CCCCCCCc1ccccc1OC(=O)NC1CC(C)(C)CC(C)(CN(CCCCCCC)C(=O)Oc2ccccc2)C1. The van der Waals surface area contributed by atoms with E-state index in [9.17, 15) is 9.59 Å². The lowest BCUT2D eigenvalue weighted by atomic mass is 9.62. The van der Waals surface area contributed by atoms with Crippen LogP contribution in [0.4, 0.5) is 9.59 Å². The molecule has 2 amide bonds. The van der Waals surface area contributed by atoms with E-state index in [1.807, 2.05) is 53.4 Å². The molecular weight excluding hydrogens is 548 g/mol. The number of benzene rings is 2. The number of hydrogen-bond acceptors (Lipinski definition) is 4. The first-order valence-electron chi connectivity index (χ1n) is 17.2. The molecule has 1 fully saturated rings. The number of nitrogens with one attached hydrogen (secondary N) is 1. The van der Waals surface area contributed by atoms with Crippen LogP contribution in [0.5, 0.6) is 11.5 Å². The molecular formula is C38H58N2O4.